The van der Waals surface area contributed by atoms with E-state index >= 15 is 0 Å². The first-order valence-electron chi connectivity index (χ1n) is 5.61. The molecule has 94 valence electrons. The smallest absolute Gasteiger partial charge is 0.168 e. The first kappa shape index (κ1) is 13.9. The molecule has 1 N–H and O–H groups in total. The van der Waals surface area contributed by atoms with Gasteiger partial charge in [0.25, 0.3) is 0 Å². The van der Waals surface area contributed by atoms with Crippen LogP contribution in [0.1, 0.15) is 12.0 Å². The van der Waals surface area contributed by atoms with Gasteiger partial charge in [-0.05, 0) is 30.3 Å². The summed E-state index contributed by atoms with van der Waals surface area (Å²) < 4.78 is 4.97. The number of ether oxygens (including phenoxy) is 1. The molecule has 0 saturated heterocycles. The predicted octanol–water partition coefficient (Wildman–Crippen LogP) is 1.42. The summed E-state index contributed by atoms with van der Waals surface area (Å²) in [7, 11) is 3.67. The van der Waals surface area contributed by atoms with Crippen molar-refractivity contribution in [1.82, 2.24) is 15.2 Å². The standard InChI is InChI=1S/C12H19N3OS/c1-15(10-11-5-3-6-13-9-11)12(17)14-7-4-8-16-2/h3,5-6,9H,4,7-8,10H2,1-2H3,(H,14,17). The third-order valence-electron chi connectivity index (χ3n) is 2.29. The summed E-state index contributed by atoms with van der Waals surface area (Å²) in [5, 5.41) is 3.95. The van der Waals surface area contributed by atoms with Crippen LogP contribution in [0.2, 0.25) is 0 Å². The molecule has 0 radical (unpaired) electrons. The highest BCUT2D eigenvalue weighted by Crippen LogP contribution is 2.00. The number of hydrogen-bond donors (Lipinski definition) is 1. The van der Waals surface area contributed by atoms with Gasteiger partial charge in [-0.25, -0.2) is 0 Å². The van der Waals surface area contributed by atoms with E-state index in [4.69, 9.17) is 17.0 Å². The second kappa shape index (κ2) is 7.97. The fourth-order valence-corrected chi connectivity index (χ4v) is 1.55. The van der Waals surface area contributed by atoms with Crippen LogP contribution in [0.3, 0.4) is 0 Å². The highest BCUT2D eigenvalue weighted by Gasteiger charge is 2.04. The highest BCUT2D eigenvalue weighted by atomic mass is 32.1. The van der Waals surface area contributed by atoms with Gasteiger partial charge in [0.05, 0.1) is 0 Å². The summed E-state index contributed by atoms with van der Waals surface area (Å²) in [6, 6.07) is 3.97. The fourth-order valence-electron chi connectivity index (χ4n) is 1.38. The van der Waals surface area contributed by atoms with Crippen molar-refractivity contribution < 1.29 is 4.74 Å². The minimum atomic E-state index is 0.752. The number of nitrogens with zero attached hydrogens (tertiary/aromatic N) is 2. The molecule has 0 bridgehead atoms. The van der Waals surface area contributed by atoms with Crippen molar-refractivity contribution in [3.8, 4) is 0 Å². The van der Waals surface area contributed by atoms with Crippen LogP contribution in [0, 0.1) is 0 Å². The second-order valence-corrected chi connectivity index (χ2v) is 4.18. The van der Waals surface area contributed by atoms with Crippen LogP contribution >= 0.6 is 12.2 Å². The minimum absolute atomic E-state index is 0.752. The second-order valence-electron chi connectivity index (χ2n) is 3.80. The molecule has 0 unspecified atom stereocenters. The van der Waals surface area contributed by atoms with Gasteiger partial charge in [-0.3, -0.25) is 4.98 Å². The minimum Gasteiger partial charge on any atom is -0.385 e. The molecule has 0 fully saturated rings. The molecule has 0 saturated carbocycles. The zero-order valence-corrected chi connectivity index (χ0v) is 11.2. The maximum atomic E-state index is 5.28. The Kier molecular flexibility index (Phi) is 6.50. The normalized spacial score (nSPS) is 10.0. The van der Waals surface area contributed by atoms with Crippen molar-refractivity contribution in [3.05, 3.63) is 30.1 Å². The van der Waals surface area contributed by atoms with Crippen LogP contribution in [0.4, 0.5) is 0 Å². The highest BCUT2D eigenvalue weighted by molar-refractivity contribution is 7.80. The van der Waals surface area contributed by atoms with Gasteiger partial charge in [0.2, 0.25) is 0 Å². The number of pyridine rings is 1. The lowest BCUT2D eigenvalue weighted by Crippen LogP contribution is -2.37. The maximum Gasteiger partial charge on any atom is 0.168 e. The lowest BCUT2D eigenvalue weighted by molar-refractivity contribution is 0.195. The van der Waals surface area contributed by atoms with Crippen molar-refractivity contribution in [2.24, 2.45) is 0 Å². The summed E-state index contributed by atoms with van der Waals surface area (Å²) in [4.78, 5) is 6.08. The molecule has 17 heavy (non-hydrogen) atoms. The third kappa shape index (κ3) is 5.60. The molecule has 1 aromatic rings. The quantitative estimate of drug-likeness (QED) is 0.613. The Balaban J connectivity index is 2.27. The van der Waals surface area contributed by atoms with E-state index in [0.29, 0.717) is 0 Å². The number of hydrogen-bond acceptors (Lipinski definition) is 3. The number of rotatable bonds is 6. The molecular formula is C12H19N3OS. The van der Waals surface area contributed by atoms with Gasteiger partial charge in [0.15, 0.2) is 5.11 Å². The molecule has 0 atom stereocenters. The summed E-state index contributed by atoms with van der Waals surface area (Å²) in [6.07, 6.45) is 4.58. The van der Waals surface area contributed by atoms with Crippen LogP contribution in [-0.2, 0) is 11.3 Å². The van der Waals surface area contributed by atoms with Crippen molar-refractivity contribution in [1.29, 1.82) is 0 Å². The van der Waals surface area contributed by atoms with Crippen LogP contribution in [-0.4, -0.2) is 42.3 Å². The van der Waals surface area contributed by atoms with Gasteiger partial charge < -0.3 is 15.0 Å². The van der Waals surface area contributed by atoms with Gasteiger partial charge in [-0.1, -0.05) is 6.07 Å². The van der Waals surface area contributed by atoms with E-state index in [2.05, 4.69) is 10.3 Å². The molecule has 4 nitrogen and oxygen atoms in total. The maximum absolute atomic E-state index is 5.28. The molecule has 1 heterocycles. The van der Waals surface area contributed by atoms with Crippen molar-refractivity contribution in [3.63, 3.8) is 0 Å². The van der Waals surface area contributed by atoms with Crippen LogP contribution in [0.5, 0.6) is 0 Å². The van der Waals surface area contributed by atoms with E-state index in [0.717, 1.165) is 36.8 Å². The van der Waals surface area contributed by atoms with Crippen LogP contribution in [0.25, 0.3) is 0 Å². The number of methoxy groups -OCH3 is 1. The van der Waals surface area contributed by atoms with E-state index in [9.17, 15) is 0 Å². The van der Waals surface area contributed by atoms with E-state index in [-0.39, 0.29) is 0 Å². The molecule has 1 rings (SSSR count). The summed E-state index contributed by atoms with van der Waals surface area (Å²) >= 11 is 5.28. The van der Waals surface area contributed by atoms with Crippen molar-refractivity contribution >= 4 is 17.3 Å². The number of thiocarbonyl (C=S) groups is 1. The molecule has 0 amide bonds. The van der Waals surface area contributed by atoms with Crippen LogP contribution in [0.15, 0.2) is 24.5 Å². The molecule has 0 spiro atoms. The molecule has 0 aliphatic heterocycles. The summed E-state index contributed by atoms with van der Waals surface area (Å²) in [5.41, 5.74) is 1.15. The molecule has 0 aromatic carbocycles. The lowest BCUT2D eigenvalue weighted by atomic mass is 10.3. The van der Waals surface area contributed by atoms with E-state index < -0.39 is 0 Å². The van der Waals surface area contributed by atoms with Crippen molar-refractivity contribution in [2.75, 3.05) is 27.3 Å². The summed E-state index contributed by atoms with van der Waals surface area (Å²) in [6.45, 7) is 2.36. The Morgan fingerprint density at radius 3 is 3.06 bits per heavy atom. The predicted molar refractivity (Wildman–Crippen MR) is 72.8 cm³/mol. The fraction of sp³-hybridized carbons (Fsp3) is 0.500. The topological polar surface area (TPSA) is 37.4 Å². The Labute approximate surface area is 108 Å². The lowest BCUT2D eigenvalue weighted by Gasteiger charge is -2.20. The number of nitrogens with one attached hydrogen (secondary N) is 1. The van der Waals surface area contributed by atoms with E-state index in [1.165, 1.54) is 0 Å². The molecule has 1 aromatic heterocycles. The Morgan fingerprint density at radius 1 is 1.59 bits per heavy atom. The number of aromatic nitrogens is 1. The van der Waals surface area contributed by atoms with Gasteiger partial charge in [-0.2, -0.15) is 0 Å². The average molecular weight is 253 g/mol. The van der Waals surface area contributed by atoms with Gasteiger partial charge in [0.1, 0.15) is 0 Å². The van der Waals surface area contributed by atoms with Gasteiger partial charge in [-0.15, -0.1) is 0 Å². The van der Waals surface area contributed by atoms with Gasteiger partial charge in [0, 0.05) is 46.2 Å². The third-order valence-corrected chi connectivity index (χ3v) is 2.75. The molecule has 0 aliphatic rings. The molecule has 0 aliphatic carbocycles. The first-order chi connectivity index (χ1) is 8.24. The average Bonchev–Trinajstić information content (AvgIpc) is 2.35. The Bertz CT molecular complexity index is 332. The summed E-state index contributed by atoms with van der Waals surface area (Å²) in [5.74, 6) is 0. The zero-order valence-electron chi connectivity index (χ0n) is 10.3. The largest absolute Gasteiger partial charge is 0.385 e. The zero-order chi connectivity index (χ0) is 12.5. The van der Waals surface area contributed by atoms with E-state index in [1.54, 1.807) is 13.3 Å². The first-order valence-corrected chi connectivity index (χ1v) is 6.01. The van der Waals surface area contributed by atoms with Crippen molar-refractivity contribution in [2.45, 2.75) is 13.0 Å². The Morgan fingerprint density at radius 2 is 2.41 bits per heavy atom. The monoisotopic (exact) mass is 253 g/mol. The van der Waals surface area contributed by atoms with Crippen LogP contribution < -0.4 is 5.32 Å². The van der Waals surface area contributed by atoms with E-state index in [1.807, 2.05) is 30.3 Å². The Hall–Kier alpha value is -1.20. The molecular weight excluding hydrogens is 234 g/mol. The van der Waals surface area contributed by atoms with Gasteiger partial charge >= 0.3 is 0 Å². The molecule has 5 heteroatoms. The SMILES string of the molecule is COCCCNC(=S)N(C)Cc1cccnc1.